The molecular formula is C15H25N5O2. The molecular weight excluding hydrogens is 282 g/mol. The Morgan fingerprint density at radius 3 is 2.55 bits per heavy atom. The van der Waals surface area contributed by atoms with E-state index in [4.69, 9.17) is 5.73 Å². The third kappa shape index (κ3) is 2.61. The average Bonchev–Trinajstić information content (AvgIpc) is 2.78. The van der Waals surface area contributed by atoms with Crippen LogP contribution < -0.4 is 17.0 Å². The van der Waals surface area contributed by atoms with E-state index in [1.165, 1.54) is 4.57 Å². The molecule has 7 heteroatoms. The summed E-state index contributed by atoms with van der Waals surface area (Å²) in [5.74, 6) is 0.725. The maximum absolute atomic E-state index is 12.8. The van der Waals surface area contributed by atoms with Gasteiger partial charge in [0.15, 0.2) is 11.2 Å². The number of hydrogen-bond donors (Lipinski definition) is 1. The van der Waals surface area contributed by atoms with Crippen molar-refractivity contribution in [3.8, 4) is 0 Å². The van der Waals surface area contributed by atoms with E-state index in [9.17, 15) is 9.59 Å². The Labute approximate surface area is 129 Å². The molecule has 0 radical (unpaired) electrons. The molecule has 0 fully saturated rings. The van der Waals surface area contributed by atoms with Crippen LogP contribution in [0.5, 0.6) is 0 Å². The third-order valence-electron chi connectivity index (χ3n) is 4.28. The fourth-order valence-corrected chi connectivity index (χ4v) is 2.63. The lowest BCUT2D eigenvalue weighted by Crippen LogP contribution is -2.41. The second-order valence-electron chi connectivity index (χ2n) is 5.75. The monoisotopic (exact) mass is 307 g/mol. The van der Waals surface area contributed by atoms with Crippen molar-refractivity contribution < 1.29 is 0 Å². The number of aromatic nitrogens is 4. The zero-order valence-corrected chi connectivity index (χ0v) is 13.8. The Bertz CT molecular complexity index is 784. The van der Waals surface area contributed by atoms with Crippen molar-refractivity contribution in [2.75, 3.05) is 6.54 Å². The van der Waals surface area contributed by atoms with Crippen molar-refractivity contribution >= 4 is 11.2 Å². The molecule has 2 aromatic heterocycles. The van der Waals surface area contributed by atoms with Crippen LogP contribution in [0.1, 0.15) is 45.0 Å². The first-order valence-corrected chi connectivity index (χ1v) is 7.82. The van der Waals surface area contributed by atoms with Crippen LogP contribution in [0.2, 0.25) is 0 Å². The summed E-state index contributed by atoms with van der Waals surface area (Å²) in [7, 11) is 1.81. The van der Waals surface area contributed by atoms with Gasteiger partial charge in [-0.2, -0.15) is 0 Å². The molecule has 0 spiro atoms. The lowest BCUT2D eigenvalue weighted by Gasteiger charge is -2.16. The summed E-state index contributed by atoms with van der Waals surface area (Å²) >= 11 is 0. The largest absolute Gasteiger partial charge is 0.332 e. The van der Waals surface area contributed by atoms with Crippen molar-refractivity contribution in [3.63, 3.8) is 0 Å². The average molecular weight is 307 g/mol. The third-order valence-corrected chi connectivity index (χ3v) is 4.28. The van der Waals surface area contributed by atoms with E-state index in [-0.39, 0.29) is 17.3 Å². The van der Waals surface area contributed by atoms with Crippen LogP contribution in [0.15, 0.2) is 9.59 Å². The molecule has 2 aromatic rings. The number of hydrogen-bond acceptors (Lipinski definition) is 4. The highest BCUT2D eigenvalue weighted by Gasteiger charge is 2.20. The number of nitrogens with zero attached hydrogens (tertiary/aromatic N) is 4. The van der Waals surface area contributed by atoms with E-state index in [1.54, 1.807) is 9.13 Å². The summed E-state index contributed by atoms with van der Waals surface area (Å²) in [5, 5.41) is 0. The van der Waals surface area contributed by atoms with Gasteiger partial charge in [0.1, 0.15) is 5.82 Å². The number of fused-ring (bicyclic) bond motifs is 1. The van der Waals surface area contributed by atoms with E-state index in [2.05, 4.69) is 4.98 Å². The molecule has 0 aliphatic heterocycles. The Morgan fingerprint density at radius 1 is 1.27 bits per heavy atom. The minimum Gasteiger partial charge on any atom is -0.330 e. The van der Waals surface area contributed by atoms with E-state index in [0.29, 0.717) is 30.7 Å². The van der Waals surface area contributed by atoms with Gasteiger partial charge >= 0.3 is 5.69 Å². The molecule has 0 aliphatic rings. The van der Waals surface area contributed by atoms with E-state index in [0.717, 1.165) is 18.7 Å². The highest BCUT2D eigenvalue weighted by molar-refractivity contribution is 5.71. The van der Waals surface area contributed by atoms with Gasteiger partial charge in [0, 0.05) is 19.6 Å². The molecule has 2 rings (SSSR count). The van der Waals surface area contributed by atoms with Gasteiger partial charge in [-0.05, 0) is 39.7 Å². The number of aryl methyl sites for hydroxylation is 2. The predicted octanol–water partition coefficient (Wildman–Crippen LogP) is 0.915. The molecule has 22 heavy (non-hydrogen) atoms. The summed E-state index contributed by atoms with van der Waals surface area (Å²) < 4.78 is 4.73. The van der Waals surface area contributed by atoms with Crippen LogP contribution in [0.25, 0.3) is 11.2 Å². The first kappa shape index (κ1) is 16.5. The quantitative estimate of drug-likeness (QED) is 0.804. The first-order valence-electron chi connectivity index (χ1n) is 7.82. The lowest BCUT2D eigenvalue weighted by atomic mass is 10.2. The van der Waals surface area contributed by atoms with Gasteiger partial charge < -0.3 is 10.3 Å². The van der Waals surface area contributed by atoms with Crippen molar-refractivity contribution in [2.24, 2.45) is 12.8 Å². The Balaban J connectivity index is 2.78. The summed E-state index contributed by atoms with van der Waals surface area (Å²) in [6.45, 7) is 6.78. The minimum atomic E-state index is -0.276. The SMILES string of the molecule is CCC(C)n1c(=O)n(CCCCN)c(=O)c2c1nc(C)n2C. The molecule has 0 saturated carbocycles. The standard InChI is InChI=1S/C15H25N5O2/c1-5-10(2)20-13-12(18(4)11(3)17-13)14(21)19(15(20)22)9-7-6-8-16/h10H,5-9,16H2,1-4H3. The van der Waals surface area contributed by atoms with Gasteiger partial charge in [0.05, 0.1) is 0 Å². The topological polar surface area (TPSA) is 87.8 Å². The molecule has 0 aliphatic carbocycles. The molecule has 0 aromatic carbocycles. The molecule has 122 valence electrons. The molecule has 1 atom stereocenters. The van der Waals surface area contributed by atoms with Crippen LogP contribution in [-0.2, 0) is 13.6 Å². The molecule has 0 saturated heterocycles. The van der Waals surface area contributed by atoms with Crippen LogP contribution >= 0.6 is 0 Å². The van der Waals surface area contributed by atoms with Gasteiger partial charge in [0.25, 0.3) is 5.56 Å². The minimum absolute atomic E-state index is 0.00865. The van der Waals surface area contributed by atoms with Gasteiger partial charge in [-0.3, -0.25) is 13.9 Å². The number of rotatable bonds is 6. The van der Waals surface area contributed by atoms with Crippen molar-refractivity contribution in [1.29, 1.82) is 0 Å². The highest BCUT2D eigenvalue weighted by atomic mass is 16.2. The zero-order valence-electron chi connectivity index (χ0n) is 13.8. The van der Waals surface area contributed by atoms with E-state index in [1.807, 2.05) is 27.8 Å². The van der Waals surface area contributed by atoms with Crippen LogP contribution in [0.4, 0.5) is 0 Å². The summed E-state index contributed by atoms with van der Waals surface area (Å²) in [6, 6.07) is -0.00865. The van der Waals surface area contributed by atoms with Crippen molar-refractivity contribution in [1.82, 2.24) is 18.7 Å². The highest BCUT2D eigenvalue weighted by Crippen LogP contribution is 2.15. The summed E-state index contributed by atoms with van der Waals surface area (Å²) in [4.78, 5) is 29.9. The number of nitrogens with two attached hydrogens (primary N) is 1. The van der Waals surface area contributed by atoms with Gasteiger partial charge in [-0.1, -0.05) is 6.92 Å². The fraction of sp³-hybridized carbons (Fsp3) is 0.667. The van der Waals surface area contributed by atoms with E-state index < -0.39 is 0 Å². The van der Waals surface area contributed by atoms with Crippen LogP contribution in [-0.4, -0.2) is 25.2 Å². The van der Waals surface area contributed by atoms with Crippen molar-refractivity contribution in [2.45, 2.75) is 52.6 Å². The molecule has 1 unspecified atom stereocenters. The van der Waals surface area contributed by atoms with Gasteiger partial charge in [0.2, 0.25) is 0 Å². The first-order chi connectivity index (χ1) is 10.4. The lowest BCUT2D eigenvalue weighted by molar-refractivity contribution is 0.474. The van der Waals surface area contributed by atoms with E-state index >= 15 is 0 Å². The Hall–Kier alpha value is -1.89. The summed E-state index contributed by atoms with van der Waals surface area (Å²) in [6.07, 6.45) is 2.30. The Morgan fingerprint density at radius 2 is 1.95 bits per heavy atom. The maximum atomic E-state index is 12.8. The Kier molecular flexibility index (Phi) is 4.85. The zero-order chi connectivity index (χ0) is 16.4. The molecule has 7 nitrogen and oxygen atoms in total. The number of imidazole rings is 1. The number of unbranched alkanes of at least 4 members (excludes halogenated alkanes) is 1. The van der Waals surface area contributed by atoms with Crippen LogP contribution in [0, 0.1) is 6.92 Å². The van der Waals surface area contributed by atoms with Crippen LogP contribution in [0.3, 0.4) is 0 Å². The molecule has 2 N–H and O–H groups in total. The molecule has 2 heterocycles. The molecule has 0 bridgehead atoms. The fourth-order valence-electron chi connectivity index (χ4n) is 2.63. The normalized spacial score (nSPS) is 13.0. The summed E-state index contributed by atoms with van der Waals surface area (Å²) in [5.41, 5.74) is 5.94. The van der Waals surface area contributed by atoms with Gasteiger partial charge in [-0.25, -0.2) is 9.78 Å². The smallest absolute Gasteiger partial charge is 0.330 e. The van der Waals surface area contributed by atoms with Crippen molar-refractivity contribution in [3.05, 3.63) is 26.7 Å². The maximum Gasteiger partial charge on any atom is 0.332 e. The van der Waals surface area contributed by atoms with Gasteiger partial charge in [-0.15, -0.1) is 0 Å². The predicted molar refractivity (Wildman–Crippen MR) is 87.3 cm³/mol. The molecule has 0 amide bonds. The second kappa shape index (κ2) is 6.48. The second-order valence-corrected chi connectivity index (χ2v) is 5.75.